The lowest BCUT2D eigenvalue weighted by Gasteiger charge is -2.20. The molecule has 0 N–H and O–H groups in total. The lowest BCUT2D eigenvalue weighted by molar-refractivity contribution is -0.137. The number of nitrogens with zero attached hydrogens (tertiary/aromatic N) is 2. The topological polar surface area (TPSA) is 34.6 Å². The molecule has 1 aromatic heterocycles. The fourth-order valence-electron chi connectivity index (χ4n) is 3.60. The highest BCUT2D eigenvalue weighted by molar-refractivity contribution is 5.66. The van der Waals surface area contributed by atoms with Crippen molar-refractivity contribution in [1.82, 2.24) is 9.88 Å². The van der Waals surface area contributed by atoms with Crippen molar-refractivity contribution >= 4 is 0 Å². The third-order valence-electron chi connectivity index (χ3n) is 5.20. The van der Waals surface area contributed by atoms with E-state index in [1.165, 1.54) is 25.3 Å². The SMILES string of the molecule is COc1cc(-c2ccc(C(F)(F)F)cn2)cc2c1OCCN(Cc1ccc(F)cc1F)C2. The molecule has 0 fully saturated rings. The van der Waals surface area contributed by atoms with Gasteiger partial charge in [0.2, 0.25) is 0 Å². The molecule has 32 heavy (non-hydrogen) atoms. The maximum atomic E-state index is 14.1. The van der Waals surface area contributed by atoms with Crippen LogP contribution in [0.3, 0.4) is 0 Å². The number of fused-ring (bicyclic) bond motifs is 1. The maximum Gasteiger partial charge on any atom is 0.417 e. The molecule has 0 spiro atoms. The average Bonchev–Trinajstić information content (AvgIpc) is 2.96. The van der Waals surface area contributed by atoms with E-state index in [0.29, 0.717) is 48.0 Å². The summed E-state index contributed by atoms with van der Waals surface area (Å²) in [7, 11) is 1.47. The zero-order valence-electron chi connectivity index (χ0n) is 17.0. The van der Waals surface area contributed by atoms with Gasteiger partial charge in [-0.25, -0.2) is 8.78 Å². The van der Waals surface area contributed by atoms with Gasteiger partial charge in [-0.15, -0.1) is 0 Å². The fourth-order valence-corrected chi connectivity index (χ4v) is 3.60. The second-order valence-electron chi connectivity index (χ2n) is 7.39. The summed E-state index contributed by atoms with van der Waals surface area (Å²) in [4.78, 5) is 5.89. The Morgan fingerprint density at radius 2 is 1.91 bits per heavy atom. The number of halogens is 5. The van der Waals surface area contributed by atoms with E-state index in [1.54, 1.807) is 12.1 Å². The first-order chi connectivity index (χ1) is 15.2. The molecule has 0 saturated heterocycles. The van der Waals surface area contributed by atoms with E-state index in [-0.39, 0.29) is 6.54 Å². The van der Waals surface area contributed by atoms with Crippen LogP contribution in [0.2, 0.25) is 0 Å². The first kappa shape index (κ1) is 22.0. The van der Waals surface area contributed by atoms with Crippen LogP contribution in [0.5, 0.6) is 11.5 Å². The van der Waals surface area contributed by atoms with E-state index >= 15 is 0 Å². The zero-order valence-corrected chi connectivity index (χ0v) is 17.0. The minimum atomic E-state index is -4.47. The molecule has 2 aromatic carbocycles. The van der Waals surface area contributed by atoms with E-state index < -0.39 is 23.4 Å². The van der Waals surface area contributed by atoms with Gasteiger partial charge in [-0.1, -0.05) is 6.07 Å². The molecule has 0 atom stereocenters. The summed E-state index contributed by atoms with van der Waals surface area (Å²) in [6.07, 6.45) is -3.69. The molecular formula is C23H19F5N2O2. The predicted octanol–water partition coefficient (Wildman–Crippen LogP) is 5.45. The average molecular weight is 450 g/mol. The van der Waals surface area contributed by atoms with E-state index in [0.717, 1.165) is 23.9 Å². The van der Waals surface area contributed by atoms with Crippen LogP contribution in [0.25, 0.3) is 11.3 Å². The Morgan fingerprint density at radius 3 is 2.56 bits per heavy atom. The Kier molecular flexibility index (Phi) is 6.01. The molecular weight excluding hydrogens is 431 g/mol. The van der Waals surface area contributed by atoms with Gasteiger partial charge in [0.05, 0.1) is 18.4 Å². The van der Waals surface area contributed by atoms with Crippen LogP contribution in [0.1, 0.15) is 16.7 Å². The zero-order chi connectivity index (χ0) is 22.9. The Hall–Kier alpha value is -3.20. The number of hydrogen-bond acceptors (Lipinski definition) is 4. The van der Waals surface area contributed by atoms with Crippen LogP contribution in [0.15, 0.2) is 48.7 Å². The highest BCUT2D eigenvalue weighted by Gasteiger charge is 2.31. The van der Waals surface area contributed by atoms with Crippen molar-refractivity contribution in [1.29, 1.82) is 0 Å². The first-order valence-electron chi connectivity index (χ1n) is 9.78. The number of alkyl halides is 3. The fraction of sp³-hybridized carbons (Fsp3) is 0.261. The Balaban J connectivity index is 1.65. The van der Waals surface area contributed by atoms with Crippen molar-refractivity contribution in [2.75, 3.05) is 20.3 Å². The summed E-state index contributed by atoms with van der Waals surface area (Å²) < 4.78 is 77.2. The van der Waals surface area contributed by atoms with E-state index in [4.69, 9.17) is 9.47 Å². The summed E-state index contributed by atoms with van der Waals surface area (Å²) in [6, 6.07) is 9.15. The number of rotatable bonds is 4. The minimum Gasteiger partial charge on any atom is -0.493 e. The summed E-state index contributed by atoms with van der Waals surface area (Å²) in [5.41, 5.74) is 1.15. The standard InChI is InChI=1S/C23H19F5N2O2/c1-31-21-9-15(20-5-3-17(11-29-20)23(26,27)28)8-16-13-30(6-7-32-22(16)21)12-14-2-4-18(24)10-19(14)25/h2-5,8-11H,6-7,12-13H2,1H3. The molecule has 3 aromatic rings. The van der Waals surface area contributed by atoms with Gasteiger partial charge in [-0.05, 0) is 30.3 Å². The highest BCUT2D eigenvalue weighted by atomic mass is 19.4. The molecule has 0 bridgehead atoms. The third-order valence-corrected chi connectivity index (χ3v) is 5.20. The number of hydrogen-bond donors (Lipinski definition) is 0. The normalized spacial score (nSPS) is 14.4. The first-order valence-corrected chi connectivity index (χ1v) is 9.78. The van der Waals surface area contributed by atoms with Gasteiger partial charge in [-0.3, -0.25) is 9.88 Å². The van der Waals surface area contributed by atoms with E-state index in [1.807, 2.05) is 4.90 Å². The van der Waals surface area contributed by atoms with Gasteiger partial charge >= 0.3 is 6.18 Å². The quantitative estimate of drug-likeness (QED) is 0.496. The molecule has 168 valence electrons. The van der Waals surface area contributed by atoms with Crippen LogP contribution in [-0.4, -0.2) is 30.1 Å². The van der Waals surface area contributed by atoms with E-state index in [9.17, 15) is 22.0 Å². The minimum absolute atomic E-state index is 0.236. The predicted molar refractivity (Wildman–Crippen MR) is 107 cm³/mol. The van der Waals surface area contributed by atoms with Gasteiger partial charge < -0.3 is 9.47 Å². The molecule has 9 heteroatoms. The number of benzene rings is 2. The molecule has 4 rings (SSSR count). The van der Waals surface area contributed by atoms with Crippen molar-refractivity contribution in [3.05, 3.63) is 77.0 Å². The van der Waals surface area contributed by atoms with Gasteiger partial charge in [0.1, 0.15) is 18.2 Å². The Bertz CT molecular complexity index is 1120. The van der Waals surface area contributed by atoms with Gasteiger partial charge in [0.15, 0.2) is 11.5 Å². The summed E-state index contributed by atoms with van der Waals surface area (Å²) >= 11 is 0. The van der Waals surface area contributed by atoms with Crippen LogP contribution >= 0.6 is 0 Å². The van der Waals surface area contributed by atoms with Crippen molar-refractivity contribution in [3.8, 4) is 22.8 Å². The van der Waals surface area contributed by atoms with Crippen molar-refractivity contribution in [2.45, 2.75) is 19.3 Å². The van der Waals surface area contributed by atoms with Gasteiger partial charge in [-0.2, -0.15) is 13.2 Å². The summed E-state index contributed by atoms with van der Waals surface area (Å²) in [6.45, 7) is 1.42. The third kappa shape index (κ3) is 4.67. The van der Waals surface area contributed by atoms with Gasteiger partial charge in [0.25, 0.3) is 0 Å². The van der Waals surface area contributed by atoms with Crippen LogP contribution in [0, 0.1) is 11.6 Å². The summed E-state index contributed by atoms with van der Waals surface area (Å²) in [5, 5.41) is 0. The number of pyridine rings is 1. The Morgan fingerprint density at radius 1 is 1.09 bits per heavy atom. The number of methoxy groups -OCH3 is 1. The monoisotopic (exact) mass is 450 g/mol. The molecule has 2 heterocycles. The molecule has 1 aliphatic rings. The van der Waals surface area contributed by atoms with Crippen molar-refractivity contribution in [2.24, 2.45) is 0 Å². The van der Waals surface area contributed by atoms with Gasteiger partial charge in [0, 0.05) is 48.6 Å². The number of aromatic nitrogens is 1. The van der Waals surface area contributed by atoms with Crippen molar-refractivity contribution in [3.63, 3.8) is 0 Å². The molecule has 0 amide bonds. The summed E-state index contributed by atoms with van der Waals surface area (Å²) in [5.74, 6) is -0.330. The second kappa shape index (κ2) is 8.74. The van der Waals surface area contributed by atoms with Crippen molar-refractivity contribution < 1.29 is 31.4 Å². The highest BCUT2D eigenvalue weighted by Crippen LogP contribution is 2.38. The largest absolute Gasteiger partial charge is 0.493 e. The van der Waals surface area contributed by atoms with Crippen LogP contribution in [-0.2, 0) is 19.3 Å². The maximum absolute atomic E-state index is 14.1. The smallest absolute Gasteiger partial charge is 0.417 e. The van der Waals surface area contributed by atoms with E-state index in [2.05, 4.69) is 4.98 Å². The molecule has 0 radical (unpaired) electrons. The number of ether oxygens (including phenoxy) is 2. The van der Waals surface area contributed by atoms with Crippen LogP contribution < -0.4 is 9.47 Å². The molecule has 0 unspecified atom stereocenters. The van der Waals surface area contributed by atoms with Crippen LogP contribution in [0.4, 0.5) is 22.0 Å². The Labute approximate surface area is 181 Å². The lowest BCUT2D eigenvalue weighted by atomic mass is 10.0. The molecule has 0 aliphatic carbocycles. The lowest BCUT2D eigenvalue weighted by Crippen LogP contribution is -2.25. The molecule has 1 aliphatic heterocycles. The second-order valence-corrected chi connectivity index (χ2v) is 7.39. The molecule has 0 saturated carbocycles. The molecule has 4 nitrogen and oxygen atoms in total.